The topological polar surface area (TPSA) is 38.0 Å². The summed E-state index contributed by atoms with van der Waals surface area (Å²) < 4.78 is 0. The van der Waals surface area contributed by atoms with Crippen molar-refractivity contribution in [2.75, 3.05) is 19.6 Å². The average Bonchev–Trinajstić information content (AvgIpc) is 1.97. The van der Waals surface area contributed by atoms with E-state index in [9.17, 15) is 0 Å². The van der Waals surface area contributed by atoms with Gasteiger partial charge in [0.2, 0.25) is 0 Å². The second kappa shape index (κ2) is 17.2. The van der Waals surface area contributed by atoms with Gasteiger partial charge in [0.15, 0.2) is 0 Å². The molecule has 0 saturated heterocycles. The second-order valence-corrected chi connectivity index (χ2v) is 2.11. The number of hydrogen-bond acceptors (Lipinski definition) is 2. The summed E-state index contributed by atoms with van der Waals surface area (Å²) in [6, 6.07) is 0. The quantitative estimate of drug-likeness (QED) is 0.518. The van der Waals surface area contributed by atoms with Crippen LogP contribution in [-0.2, 0) is 0 Å². The lowest BCUT2D eigenvalue weighted by Gasteiger charge is -1.97. The van der Waals surface area contributed by atoms with Gasteiger partial charge in [0, 0.05) is 6.54 Å². The third kappa shape index (κ3) is 16.5. The summed E-state index contributed by atoms with van der Waals surface area (Å²) in [5.74, 6) is 0. The molecule has 4 heteroatoms. The minimum atomic E-state index is 0. The Morgan fingerprint density at radius 1 is 1.33 bits per heavy atom. The number of nitrogens with one attached hydrogen (secondary N) is 1. The van der Waals surface area contributed by atoms with Crippen molar-refractivity contribution in [3.8, 4) is 0 Å². The number of rotatable bonds is 6. The summed E-state index contributed by atoms with van der Waals surface area (Å²) in [7, 11) is 0. The van der Waals surface area contributed by atoms with Crippen molar-refractivity contribution in [1.82, 2.24) is 5.32 Å². The molecule has 0 unspecified atom stereocenters. The zero-order chi connectivity index (χ0) is 7.66. The molecule has 0 aromatic rings. The second-order valence-electron chi connectivity index (χ2n) is 2.11. The first-order valence-electron chi connectivity index (χ1n) is 3.67. The van der Waals surface area contributed by atoms with Crippen molar-refractivity contribution in [2.24, 2.45) is 5.73 Å². The fourth-order valence-corrected chi connectivity index (χ4v) is 0.641. The van der Waals surface area contributed by atoms with Gasteiger partial charge in [-0.3, -0.25) is 0 Å². The highest BCUT2D eigenvalue weighted by molar-refractivity contribution is 5.85. The predicted octanol–water partition coefficient (Wildman–Crippen LogP) is 1.50. The largest absolute Gasteiger partial charge is 0.330 e. The third-order valence-corrected chi connectivity index (χ3v) is 1.20. The van der Waals surface area contributed by atoms with Crippen LogP contribution in [0.3, 0.4) is 0 Å². The molecule has 3 N–H and O–H groups in total. The van der Waals surface area contributed by atoms with Crippen molar-refractivity contribution >= 4 is 24.8 Å². The highest BCUT2D eigenvalue weighted by Crippen LogP contribution is 1.81. The van der Waals surface area contributed by atoms with E-state index >= 15 is 0 Å². The van der Waals surface area contributed by atoms with Gasteiger partial charge in [-0.25, -0.2) is 0 Å². The zero-order valence-corrected chi connectivity index (χ0v) is 8.85. The Labute approximate surface area is 87.1 Å². The van der Waals surface area contributed by atoms with E-state index in [-0.39, 0.29) is 24.8 Å². The van der Waals surface area contributed by atoms with Gasteiger partial charge in [0.1, 0.15) is 0 Å². The van der Waals surface area contributed by atoms with Gasteiger partial charge >= 0.3 is 0 Å². The molecule has 0 saturated carbocycles. The molecular formula is C8H18Cl2N2. The van der Waals surface area contributed by atoms with Crippen molar-refractivity contribution < 1.29 is 0 Å². The maximum Gasteiger partial charge on any atom is 0.0209 e. The van der Waals surface area contributed by atoms with Crippen molar-refractivity contribution in [1.29, 1.82) is 0 Å². The standard InChI is InChI=1S/C8H16N2.2ClH/c1-2-3-7-10-8-5-4-6-9;;/h3,10H,1,4-9H2;2*1H. The van der Waals surface area contributed by atoms with Crippen LogP contribution in [0.25, 0.3) is 0 Å². The van der Waals surface area contributed by atoms with Crippen LogP contribution in [0.1, 0.15) is 12.8 Å². The zero-order valence-electron chi connectivity index (χ0n) is 7.21. The van der Waals surface area contributed by atoms with Gasteiger partial charge in [-0.2, -0.15) is 0 Å². The third-order valence-electron chi connectivity index (χ3n) is 1.20. The van der Waals surface area contributed by atoms with Gasteiger partial charge in [-0.1, -0.05) is 6.58 Å². The van der Waals surface area contributed by atoms with Crippen LogP contribution in [0.5, 0.6) is 0 Å². The molecule has 0 aliphatic carbocycles. The van der Waals surface area contributed by atoms with Gasteiger partial charge in [0.25, 0.3) is 0 Å². The number of nitrogens with two attached hydrogens (primary N) is 1. The summed E-state index contributed by atoms with van der Waals surface area (Å²) in [6.45, 7) is 6.15. The Bertz CT molecular complexity index is 112. The molecule has 0 bridgehead atoms. The lowest BCUT2D eigenvalue weighted by atomic mass is 10.3. The molecule has 0 aliphatic heterocycles. The molecule has 0 atom stereocenters. The Hall–Kier alpha value is 0.0200. The summed E-state index contributed by atoms with van der Waals surface area (Å²) in [4.78, 5) is 0. The number of hydrogen-bond donors (Lipinski definition) is 2. The van der Waals surface area contributed by atoms with E-state index in [1.807, 2.05) is 6.08 Å². The highest BCUT2D eigenvalue weighted by Gasteiger charge is 1.82. The first-order valence-corrected chi connectivity index (χ1v) is 3.67. The summed E-state index contributed by atoms with van der Waals surface area (Å²) in [6.07, 6.45) is 4.13. The highest BCUT2D eigenvalue weighted by atomic mass is 35.5. The minimum Gasteiger partial charge on any atom is -0.330 e. The van der Waals surface area contributed by atoms with E-state index in [0.29, 0.717) is 0 Å². The Kier molecular flexibility index (Phi) is 25.7. The van der Waals surface area contributed by atoms with E-state index in [1.165, 1.54) is 0 Å². The van der Waals surface area contributed by atoms with Crippen molar-refractivity contribution in [2.45, 2.75) is 12.8 Å². The van der Waals surface area contributed by atoms with Gasteiger partial charge < -0.3 is 11.1 Å². The first-order chi connectivity index (χ1) is 4.91. The molecule has 0 heterocycles. The van der Waals surface area contributed by atoms with Crippen molar-refractivity contribution in [3.05, 3.63) is 18.4 Å². The van der Waals surface area contributed by atoms with E-state index < -0.39 is 0 Å². The summed E-state index contributed by atoms with van der Waals surface area (Å²) in [5.41, 5.74) is 8.01. The predicted molar refractivity (Wildman–Crippen MR) is 59.4 cm³/mol. The van der Waals surface area contributed by atoms with Crippen LogP contribution in [0.2, 0.25) is 0 Å². The molecule has 0 radical (unpaired) electrons. The van der Waals surface area contributed by atoms with Crippen molar-refractivity contribution in [3.63, 3.8) is 0 Å². The van der Waals surface area contributed by atoms with E-state index in [2.05, 4.69) is 17.6 Å². The van der Waals surface area contributed by atoms with Crippen LogP contribution < -0.4 is 11.1 Å². The molecule has 2 nitrogen and oxygen atoms in total. The molecule has 0 aromatic carbocycles. The SMILES string of the molecule is C=C=CCNCCCCN.Cl.Cl. The van der Waals surface area contributed by atoms with Crippen LogP contribution in [-0.4, -0.2) is 19.6 Å². The van der Waals surface area contributed by atoms with Crippen LogP contribution >= 0.6 is 24.8 Å². The van der Waals surface area contributed by atoms with E-state index in [0.717, 1.165) is 32.5 Å². The smallest absolute Gasteiger partial charge is 0.0209 e. The lowest BCUT2D eigenvalue weighted by Crippen LogP contribution is -2.15. The molecule has 12 heavy (non-hydrogen) atoms. The first kappa shape index (κ1) is 17.9. The van der Waals surface area contributed by atoms with Gasteiger partial charge in [-0.15, -0.1) is 30.5 Å². The molecule has 0 aliphatic rings. The Balaban J connectivity index is -0.000000405. The maximum absolute atomic E-state index is 5.31. The van der Waals surface area contributed by atoms with E-state index in [1.54, 1.807) is 0 Å². The van der Waals surface area contributed by atoms with Crippen LogP contribution in [0.15, 0.2) is 18.4 Å². The molecule has 0 amide bonds. The summed E-state index contributed by atoms with van der Waals surface area (Å²) >= 11 is 0. The number of halogens is 2. The van der Waals surface area contributed by atoms with Gasteiger partial charge in [0.05, 0.1) is 0 Å². The van der Waals surface area contributed by atoms with E-state index in [4.69, 9.17) is 5.73 Å². The fourth-order valence-electron chi connectivity index (χ4n) is 0.641. The Morgan fingerprint density at radius 3 is 2.50 bits per heavy atom. The average molecular weight is 213 g/mol. The minimum absolute atomic E-state index is 0. The Morgan fingerprint density at radius 2 is 2.00 bits per heavy atom. The molecule has 0 rings (SSSR count). The normalized spacial score (nSPS) is 7.42. The molecule has 0 aromatic heterocycles. The van der Waals surface area contributed by atoms with Gasteiger partial charge in [-0.05, 0) is 32.0 Å². The molecule has 74 valence electrons. The fraction of sp³-hybridized carbons (Fsp3) is 0.625. The molecule has 0 fully saturated rings. The maximum atomic E-state index is 5.31. The number of unbranched alkanes of at least 4 members (excludes halogenated alkanes) is 1. The van der Waals surface area contributed by atoms with Crippen LogP contribution in [0.4, 0.5) is 0 Å². The van der Waals surface area contributed by atoms with Crippen LogP contribution in [0, 0.1) is 0 Å². The lowest BCUT2D eigenvalue weighted by molar-refractivity contribution is 0.661. The molecular weight excluding hydrogens is 195 g/mol. The monoisotopic (exact) mass is 212 g/mol. The summed E-state index contributed by atoms with van der Waals surface area (Å²) in [5, 5.41) is 3.21. The molecule has 0 spiro atoms.